The highest BCUT2D eigenvalue weighted by Gasteiger charge is 2.20. The molecule has 1 aliphatic rings. The quantitative estimate of drug-likeness (QED) is 0.784. The molecule has 1 aromatic carbocycles. The third-order valence-electron chi connectivity index (χ3n) is 3.30. The average molecular weight is 364 g/mol. The summed E-state index contributed by atoms with van der Waals surface area (Å²) in [6, 6.07) is 11.0. The van der Waals surface area contributed by atoms with Crippen LogP contribution in [0.5, 0.6) is 0 Å². The lowest BCUT2D eigenvalue weighted by molar-refractivity contribution is 0.668. The Bertz CT molecular complexity index is 629. The summed E-state index contributed by atoms with van der Waals surface area (Å²) < 4.78 is 1.12. The van der Waals surface area contributed by atoms with Gasteiger partial charge in [-0.05, 0) is 53.9 Å². The number of hydrogen-bond acceptors (Lipinski definition) is 4. The summed E-state index contributed by atoms with van der Waals surface area (Å²) in [5.41, 5.74) is 2.14. The maximum absolute atomic E-state index is 4.67. The third kappa shape index (κ3) is 4.53. The van der Waals surface area contributed by atoms with Crippen LogP contribution >= 0.6 is 27.7 Å². The molecule has 110 valence electrons. The SMILES string of the molecule is Cc1cc(CNC2CC2)nc(CSc2ccccc2Br)n1. The number of hydrogen-bond donors (Lipinski definition) is 1. The number of nitrogens with zero attached hydrogens (tertiary/aromatic N) is 2. The van der Waals surface area contributed by atoms with Crippen LogP contribution in [0.3, 0.4) is 0 Å². The van der Waals surface area contributed by atoms with Crippen molar-refractivity contribution in [3.05, 3.63) is 52.0 Å². The third-order valence-corrected chi connectivity index (χ3v) is 5.32. The monoisotopic (exact) mass is 363 g/mol. The molecule has 1 heterocycles. The fourth-order valence-electron chi connectivity index (χ4n) is 2.10. The van der Waals surface area contributed by atoms with Crippen molar-refractivity contribution in [3.63, 3.8) is 0 Å². The number of halogens is 1. The molecular formula is C16H18BrN3S. The van der Waals surface area contributed by atoms with Gasteiger partial charge < -0.3 is 5.32 Å². The van der Waals surface area contributed by atoms with E-state index in [1.54, 1.807) is 11.8 Å². The highest BCUT2D eigenvalue weighted by molar-refractivity contribution is 9.10. The van der Waals surface area contributed by atoms with Gasteiger partial charge >= 0.3 is 0 Å². The highest BCUT2D eigenvalue weighted by atomic mass is 79.9. The molecule has 1 saturated carbocycles. The van der Waals surface area contributed by atoms with E-state index in [1.807, 2.05) is 13.0 Å². The minimum Gasteiger partial charge on any atom is -0.308 e. The summed E-state index contributed by atoms with van der Waals surface area (Å²) in [5.74, 6) is 1.70. The zero-order valence-electron chi connectivity index (χ0n) is 12.0. The molecule has 0 radical (unpaired) electrons. The Kier molecular flexibility index (Phi) is 4.93. The van der Waals surface area contributed by atoms with Gasteiger partial charge in [-0.1, -0.05) is 12.1 Å². The van der Waals surface area contributed by atoms with Crippen molar-refractivity contribution in [3.8, 4) is 0 Å². The molecule has 0 bridgehead atoms. The molecule has 3 rings (SSSR count). The number of rotatable bonds is 6. The topological polar surface area (TPSA) is 37.8 Å². The molecule has 1 aliphatic carbocycles. The van der Waals surface area contributed by atoms with E-state index in [-0.39, 0.29) is 0 Å². The van der Waals surface area contributed by atoms with Crippen molar-refractivity contribution in [2.75, 3.05) is 0 Å². The molecule has 2 aromatic rings. The highest BCUT2D eigenvalue weighted by Crippen LogP contribution is 2.29. The van der Waals surface area contributed by atoms with Gasteiger partial charge in [0.2, 0.25) is 0 Å². The molecule has 1 aromatic heterocycles. The fourth-order valence-corrected chi connectivity index (χ4v) is 3.52. The summed E-state index contributed by atoms with van der Waals surface area (Å²) in [7, 11) is 0. The van der Waals surface area contributed by atoms with Crippen molar-refractivity contribution in [2.24, 2.45) is 0 Å². The Labute approximate surface area is 138 Å². The van der Waals surface area contributed by atoms with Crippen LogP contribution in [0, 0.1) is 6.92 Å². The lowest BCUT2D eigenvalue weighted by Gasteiger charge is -2.07. The van der Waals surface area contributed by atoms with Gasteiger partial charge in [-0.15, -0.1) is 11.8 Å². The van der Waals surface area contributed by atoms with Crippen LogP contribution in [0.2, 0.25) is 0 Å². The van der Waals surface area contributed by atoms with E-state index < -0.39 is 0 Å². The van der Waals surface area contributed by atoms with Gasteiger partial charge in [-0.2, -0.15) is 0 Å². The van der Waals surface area contributed by atoms with Gasteiger partial charge in [0, 0.05) is 27.6 Å². The molecule has 3 nitrogen and oxygen atoms in total. The van der Waals surface area contributed by atoms with Gasteiger partial charge in [0.1, 0.15) is 5.82 Å². The first-order valence-corrected chi connectivity index (χ1v) is 8.93. The summed E-state index contributed by atoms with van der Waals surface area (Å²) in [4.78, 5) is 10.4. The van der Waals surface area contributed by atoms with E-state index in [1.165, 1.54) is 17.7 Å². The van der Waals surface area contributed by atoms with Gasteiger partial charge in [0.25, 0.3) is 0 Å². The molecule has 5 heteroatoms. The maximum atomic E-state index is 4.67. The van der Waals surface area contributed by atoms with E-state index in [9.17, 15) is 0 Å². The second-order valence-corrected chi connectivity index (χ2v) is 7.16. The summed E-state index contributed by atoms with van der Waals surface area (Å²) >= 11 is 5.34. The number of benzene rings is 1. The first kappa shape index (κ1) is 15.0. The Morgan fingerprint density at radius 1 is 1.29 bits per heavy atom. The smallest absolute Gasteiger partial charge is 0.139 e. The predicted molar refractivity (Wildman–Crippen MR) is 90.3 cm³/mol. The number of aromatic nitrogens is 2. The van der Waals surface area contributed by atoms with Crippen LogP contribution in [0.4, 0.5) is 0 Å². The van der Waals surface area contributed by atoms with E-state index in [0.29, 0.717) is 6.04 Å². The Morgan fingerprint density at radius 2 is 2.10 bits per heavy atom. The van der Waals surface area contributed by atoms with Gasteiger partial charge in [-0.3, -0.25) is 0 Å². The zero-order chi connectivity index (χ0) is 14.7. The Balaban J connectivity index is 1.65. The van der Waals surface area contributed by atoms with Crippen LogP contribution in [-0.2, 0) is 12.3 Å². The number of nitrogens with one attached hydrogen (secondary N) is 1. The van der Waals surface area contributed by atoms with Crippen molar-refractivity contribution < 1.29 is 0 Å². The minimum absolute atomic E-state index is 0.707. The van der Waals surface area contributed by atoms with Crippen molar-refractivity contribution in [1.82, 2.24) is 15.3 Å². The van der Waals surface area contributed by atoms with Crippen LogP contribution in [0.1, 0.15) is 30.1 Å². The molecule has 0 unspecified atom stereocenters. The summed E-state index contributed by atoms with van der Waals surface area (Å²) in [5, 5.41) is 3.51. The second-order valence-electron chi connectivity index (χ2n) is 5.29. The predicted octanol–water partition coefficient (Wildman–Crippen LogP) is 4.09. The van der Waals surface area contributed by atoms with Crippen LogP contribution in [0.25, 0.3) is 0 Å². The molecular weight excluding hydrogens is 346 g/mol. The summed E-state index contributed by atoms with van der Waals surface area (Å²) in [6.07, 6.45) is 2.60. The standard InChI is InChI=1S/C16H18BrN3S/c1-11-8-13(9-18-12-6-7-12)20-16(19-11)10-21-15-5-3-2-4-14(15)17/h2-5,8,12,18H,6-7,9-10H2,1H3. The summed E-state index contributed by atoms with van der Waals surface area (Å²) in [6.45, 7) is 2.88. The van der Waals surface area contributed by atoms with Gasteiger partial charge in [0.15, 0.2) is 0 Å². The van der Waals surface area contributed by atoms with Crippen LogP contribution in [-0.4, -0.2) is 16.0 Å². The van der Waals surface area contributed by atoms with E-state index in [2.05, 4.69) is 55.5 Å². The van der Waals surface area contributed by atoms with E-state index >= 15 is 0 Å². The van der Waals surface area contributed by atoms with E-state index in [0.717, 1.165) is 34.0 Å². The van der Waals surface area contributed by atoms with Gasteiger partial charge in [-0.25, -0.2) is 9.97 Å². The normalized spacial score (nSPS) is 14.4. The molecule has 0 saturated heterocycles. The van der Waals surface area contributed by atoms with Gasteiger partial charge in [0.05, 0.1) is 11.4 Å². The Hall–Kier alpha value is -0.910. The number of thioether (sulfide) groups is 1. The molecule has 1 fully saturated rings. The first-order chi connectivity index (χ1) is 10.2. The van der Waals surface area contributed by atoms with Crippen molar-refractivity contribution in [1.29, 1.82) is 0 Å². The fraction of sp³-hybridized carbons (Fsp3) is 0.375. The van der Waals surface area contributed by atoms with Crippen molar-refractivity contribution >= 4 is 27.7 Å². The average Bonchev–Trinajstić information content (AvgIpc) is 3.28. The minimum atomic E-state index is 0.707. The molecule has 0 amide bonds. The lowest BCUT2D eigenvalue weighted by atomic mass is 10.3. The lowest BCUT2D eigenvalue weighted by Crippen LogP contribution is -2.17. The molecule has 0 aliphatic heterocycles. The van der Waals surface area contributed by atoms with Crippen LogP contribution in [0.15, 0.2) is 39.7 Å². The Morgan fingerprint density at radius 3 is 2.86 bits per heavy atom. The van der Waals surface area contributed by atoms with E-state index in [4.69, 9.17) is 0 Å². The largest absolute Gasteiger partial charge is 0.308 e. The molecule has 0 atom stereocenters. The zero-order valence-corrected chi connectivity index (χ0v) is 14.4. The molecule has 21 heavy (non-hydrogen) atoms. The number of aryl methyl sites for hydroxylation is 1. The van der Waals surface area contributed by atoms with Crippen molar-refractivity contribution in [2.45, 2.75) is 43.0 Å². The second kappa shape index (κ2) is 6.90. The maximum Gasteiger partial charge on any atom is 0.139 e. The first-order valence-electron chi connectivity index (χ1n) is 7.15. The van der Waals surface area contributed by atoms with Crippen LogP contribution < -0.4 is 5.32 Å². The molecule has 1 N–H and O–H groups in total. The molecule has 0 spiro atoms.